The molecular weight excluding hydrogens is 301 g/mol. The summed E-state index contributed by atoms with van der Waals surface area (Å²) in [5.74, 6) is -1.72. The number of halogens is 2. The molecule has 7 heteroatoms. The van der Waals surface area contributed by atoms with Crippen LogP contribution in [0.15, 0.2) is 24.3 Å². The van der Waals surface area contributed by atoms with Crippen LogP contribution in [0, 0.1) is 0 Å². The normalized spacial score (nSPS) is 14.1. The van der Waals surface area contributed by atoms with Crippen molar-refractivity contribution >= 4 is 23.7 Å². The molecule has 0 aliphatic heterocycles. The number of rotatable bonds is 4. The summed E-state index contributed by atoms with van der Waals surface area (Å²) in [5.41, 5.74) is -3.71. The molecule has 2 N–H and O–H groups in total. The summed E-state index contributed by atoms with van der Waals surface area (Å²) in [6.07, 6.45) is -0.896. The fraction of sp³-hybridized carbons (Fsp3) is 0.429. The van der Waals surface area contributed by atoms with E-state index in [0.29, 0.717) is 0 Å². The maximum Gasteiger partial charge on any atom is 0.407 e. The van der Waals surface area contributed by atoms with Gasteiger partial charge in [-0.3, -0.25) is 0 Å². The zero-order valence-electron chi connectivity index (χ0n) is 11.9. The van der Waals surface area contributed by atoms with E-state index >= 15 is 0 Å². The topological polar surface area (TPSA) is 75.6 Å². The molecule has 5 nitrogen and oxygen atoms in total. The van der Waals surface area contributed by atoms with Gasteiger partial charge < -0.3 is 15.2 Å². The number of carboxylic acid groups (broad SMARTS) is 1. The number of hydrogen-bond acceptors (Lipinski definition) is 3. The van der Waals surface area contributed by atoms with Crippen molar-refractivity contribution in [3.63, 3.8) is 0 Å². The molecule has 116 valence electrons. The summed E-state index contributed by atoms with van der Waals surface area (Å²) in [5, 5.41) is 11.4. The standard InChI is InChI=1S/C14H17ClFNO4/c1-13(2,3)21-12(20)17-8-14(16,11(18)19)9-5-4-6-10(15)7-9/h4-7H,8H2,1-3H3,(H,17,20)(H,18,19)/t14-/m1/s1. The first-order chi connectivity index (χ1) is 9.54. The lowest BCUT2D eigenvalue weighted by atomic mass is 9.96. The molecule has 0 saturated carbocycles. The van der Waals surface area contributed by atoms with Crippen LogP contribution in [0.2, 0.25) is 5.02 Å². The van der Waals surface area contributed by atoms with Crippen molar-refractivity contribution in [2.45, 2.75) is 32.0 Å². The Bertz CT molecular complexity index is 544. The van der Waals surface area contributed by atoms with Gasteiger partial charge in [0.05, 0.1) is 6.54 Å². The van der Waals surface area contributed by atoms with Gasteiger partial charge >= 0.3 is 12.1 Å². The van der Waals surface area contributed by atoms with Crippen molar-refractivity contribution in [3.05, 3.63) is 34.9 Å². The van der Waals surface area contributed by atoms with E-state index in [2.05, 4.69) is 5.32 Å². The highest BCUT2D eigenvalue weighted by Crippen LogP contribution is 2.28. The highest BCUT2D eigenvalue weighted by molar-refractivity contribution is 6.30. The highest BCUT2D eigenvalue weighted by atomic mass is 35.5. The molecule has 1 atom stereocenters. The van der Waals surface area contributed by atoms with Crippen LogP contribution < -0.4 is 5.32 Å². The minimum absolute atomic E-state index is 0.154. The maximum absolute atomic E-state index is 14.7. The van der Waals surface area contributed by atoms with Crippen molar-refractivity contribution in [1.82, 2.24) is 5.32 Å². The van der Waals surface area contributed by atoms with E-state index in [0.717, 1.165) is 0 Å². The Labute approximate surface area is 127 Å². The van der Waals surface area contributed by atoms with Gasteiger partial charge in [-0.1, -0.05) is 23.7 Å². The Morgan fingerprint density at radius 2 is 2.00 bits per heavy atom. The van der Waals surface area contributed by atoms with Crippen LogP contribution in [0.1, 0.15) is 26.3 Å². The molecule has 0 spiro atoms. The number of aliphatic carboxylic acids is 1. The summed E-state index contributed by atoms with van der Waals surface area (Å²) >= 11 is 5.73. The second-order valence-electron chi connectivity index (χ2n) is 5.47. The van der Waals surface area contributed by atoms with Gasteiger partial charge in [0.25, 0.3) is 0 Å². The second kappa shape index (κ2) is 6.30. The average molecular weight is 318 g/mol. The predicted octanol–water partition coefficient (Wildman–Crippen LogP) is 3.11. The molecule has 1 amide bonds. The van der Waals surface area contributed by atoms with Gasteiger partial charge in [-0.25, -0.2) is 14.0 Å². The zero-order valence-corrected chi connectivity index (χ0v) is 12.7. The molecule has 1 rings (SSSR count). The van der Waals surface area contributed by atoms with Crippen LogP contribution in [-0.2, 0) is 15.2 Å². The number of ether oxygens (including phenoxy) is 1. The van der Waals surface area contributed by atoms with Gasteiger partial charge in [0.1, 0.15) is 5.60 Å². The van der Waals surface area contributed by atoms with Crippen LogP contribution >= 0.6 is 11.6 Å². The lowest BCUT2D eigenvalue weighted by Gasteiger charge is -2.24. The minimum Gasteiger partial charge on any atom is -0.479 e. The Kier molecular flexibility index (Phi) is 5.17. The highest BCUT2D eigenvalue weighted by Gasteiger charge is 2.41. The lowest BCUT2D eigenvalue weighted by molar-refractivity contribution is -0.151. The molecule has 0 heterocycles. The van der Waals surface area contributed by atoms with E-state index in [-0.39, 0.29) is 10.6 Å². The van der Waals surface area contributed by atoms with Gasteiger partial charge in [0, 0.05) is 10.6 Å². The Morgan fingerprint density at radius 3 is 2.48 bits per heavy atom. The summed E-state index contributed by atoms with van der Waals surface area (Å²) < 4.78 is 19.6. The molecule has 21 heavy (non-hydrogen) atoms. The smallest absolute Gasteiger partial charge is 0.407 e. The number of carbonyl (C=O) groups excluding carboxylic acids is 1. The van der Waals surface area contributed by atoms with Crippen LogP contribution in [0.3, 0.4) is 0 Å². The Balaban J connectivity index is 2.88. The minimum atomic E-state index is -2.79. The van der Waals surface area contributed by atoms with Gasteiger partial charge in [-0.05, 0) is 32.9 Å². The molecule has 0 aliphatic carbocycles. The zero-order chi connectivity index (χ0) is 16.3. The van der Waals surface area contributed by atoms with Crippen LogP contribution in [-0.4, -0.2) is 29.3 Å². The van der Waals surface area contributed by atoms with E-state index < -0.39 is 29.9 Å². The number of alkyl carbamates (subject to hydrolysis) is 1. The SMILES string of the molecule is CC(C)(C)OC(=O)NC[C@](F)(C(=O)O)c1cccc(Cl)c1. The van der Waals surface area contributed by atoms with Crippen LogP contribution in [0.25, 0.3) is 0 Å². The maximum atomic E-state index is 14.7. The van der Waals surface area contributed by atoms with Crippen molar-refractivity contribution < 1.29 is 23.8 Å². The molecular formula is C14H17ClFNO4. The van der Waals surface area contributed by atoms with E-state index in [9.17, 15) is 14.0 Å². The largest absolute Gasteiger partial charge is 0.479 e. The van der Waals surface area contributed by atoms with E-state index in [4.69, 9.17) is 21.4 Å². The fourth-order valence-corrected chi connectivity index (χ4v) is 1.73. The summed E-state index contributed by atoms with van der Waals surface area (Å²) in [7, 11) is 0. The number of nitrogens with one attached hydrogen (secondary N) is 1. The van der Waals surface area contributed by atoms with Crippen molar-refractivity contribution in [2.24, 2.45) is 0 Å². The first-order valence-corrected chi connectivity index (χ1v) is 6.57. The second-order valence-corrected chi connectivity index (χ2v) is 5.91. The first kappa shape index (κ1) is 17.2. The van der Waals surface area contributed by atoms with Crippen LogP contribution in [0.5, 0.6) is 0 Å². The number of carboxylic acids is 1. The number of hydrogen-bond donors (Lipinski definition) is 2. The number of carbonyl (C=O) groups is 2. The first-order valence-electron chi connectivity index (χ1n) is 6.20. The van der Waals surface area contributed by atoms with Gasteiger partial charge in [0.2, 0.25) is 5.67 Å². The summed E-state index contributed by atoms with van der Waals surface area (Å²) in [6, 6.07) is 5.42. The van der Waals surface area contributed by atoms with E-state index in [1.807, 2.05) is 0 Å². The number of benzene rings is 1. The fourth-order valence-electron chi connectivity index (χ4n) is 1.54. The molecule has 0 fully saturated rings. The Hall–Kier alpha value is -1.82. The molecule has 0 aromatic heterocycles. The third kappa shape index (κ3) is 4.90. The number of amides is 1. The number of alkyl halides is 1. The van der Waals surface area contributed by atoms with Gasteiger partial charge in [-0.15, -0.1) is 0 Å². The third-order valence-corrected chi connectivity index (χ3v) is 2.73. The van der Waals surface area contributed by atoms with Crippen molar-refractivity contribution in [2.75, 3.05) is 6.54 Å². The van der Waals surface area contributed by atoms with E-state index in [1.54, 1.807) is 20.8 Å². The van der Waals surface area contributed by atoms with Crippen molar-refractivity contribution in [1.29, 1.82) is 0 Å². The predicted molar refractivity (Wildman–Crippen MR) is 76.1 cm³/mol. The average Bonchev–Trinajstić information content (AvgIpc) is 2.33. The summed E-state index contributed by atoms with van der Waals surface area (Å²) in [4.78, 5) is 22.7. The molecule has 0 unspecified atom stereocenters. The summed E-state index contributed by atoms with van der Waals surface area (Å²) in [6.45, 7) is 4.16. The molecule has 0 bridgehead atoms. The van der Waals surface area contributed by atoms with Gasteiger partial charge in [0.15, 0.2) is 0 Å². The monoisotopic (exact) mass is 317 g/mol. The Morgan fingerprint density at radius 1 is 1.38 bits per heavy atom. The molecule has 0 saturated heterocycles. The molecule has 1 aromatic carbocycles. The van der Waals surface area contributed by atoms with Crippen molar-refractivity contribution in [3.8, 4) is 0 Å². The molecule has 0 aliphatic rings. The quantitative estimate of drug-likeness (QED) is 0.894. The van der Waals surface area contributed by atoms with Gasteiger partial charge in [-0.2, -0.15) is 0 Å². The third-order valence-electron chi connectivity index (χ3n) is 2.50. The lowest BCUT2D eigenvalue weighted by Crippen LogP contribution is -2.44. The molecule has 0 radical (unpaired) electrons. The van der Waals surface area contributed by atoms with Crippen LogP contribution in [0.4, 0.5) is 9.18 Å². The molecule has 1 aromatic rings. The van der Waals surface area contributed by atoms with E-state index in [1.165, 1.54) is 24.3 Å².